The molecule has 2 aromatic carbocycles. The maximum atomic E-state index is 14.5. The van der Waals surface area contributed by atoms with Gasteiger partial charge in [0.05, 0.1) is 17.8 Å². The molecule has 1 heterocycles. The molecular weight excluding hydrogens is 524 g/mol. The van der Waals surface area contributed by atoms with Gasteiger partial charge in [0.15, 0.2) is 20.4 Å². The van der Waals surface area contributed by atoms with Crippen molar-refractivity contribution in [3.8, 4) is 17.2 Å². The summed E-state index contributed by atoms with van der Waals surface area (Å²) in [4.78, 5) is 25.4. The van der Waals surface area contributed by atoms with Gasteiger partial charge in [0, 0.05) is 21.3 Å². The van der Waals surface area contributed by atoms with Gasteiger partial charge >= 0.3 is 0 Å². The molecule has 0 amide bonds. The van der Waals surface area contributed by atoms with Crippen molar-refractivity contribution in [2.24, 2.45) is 0 Å². The van der Waals surface area contributed by atoms with Crippen molar-refractivity contribution in [1.82, 2.24) is 0 Å². The van der Waals surface area contributed by atoms with E-state index in [1.165, 1.54) is 21.3 Å². The number of ketones is 1. The summed E-state index contributed by atoms with van der Waals surface area (Å²) in [6.45, 7) is 6.24. The number of ether oxygens (including phenoxy) is 6. The van der Waals surface area contributed by atoms with Crippen molar-refractivity contribution in [2.75, 3.05) is 48.3 Å². The Morgan fingerprint density at radius 3 is 2.10 bits per heavy atom. The molecule has 1 unspecified atom stereocenters. The minimum Gasteiger partial charge on any atom is -0.467 e. The van der Waals surface area contributed by atoms with E-state index in [1.807, 2.05) is 19.9 Å². The first-order valence-corrected chi connectivity index (χ1v) is 13.9. The van der Waals surface area contributed by atoms with Crippen LogP contribution in [0.2, 0.25) is 6.04 Å². The summed E-state index contributed by atoms with van der Waals surface area (Å²) < 4.78 is 39.4. The molecule has 0 aliphatic carbocycles. The predicted octanol–water partition coefficient (Wildman–Crippen LogP) is 4.96. The molecule has 1 aliphatic rings. The molecule has 1 atom stereocenters. The summed E-state index contributed by atoms with van der Waals surface area (Å²) in [7, 11) is 4.83. The zero-order chi connectivity index (χ0) is 28.3. The van der Waals surface area contributed by atoms with Gasteiger partial charge in [-0.05, 0) is 62.1 Å². The van der Waals surface area contributed by atoms with Gasteiger partial charge in [0.1, 0.15) is 28.9 Å². The normalized spacial score (nSPS) is 15.7. The highest BCUT2D eigenvalue weighted by Crippen LogP contribution is 2.41. The highest BCUT2D eigenvalue weighted by Gasteiger charge is 2.33. The van der Waals surface area contributed by atoms with Crippen molar-refractivity contribution in [2.45, 2.75) is 51.4 Å². The SMILES string of the molecule is CC[Si]OC(C)(C)c1cc(OCOC)c(C(=O)c2c(OCOC)cccc2C2CCCOO2)c(OCOC)c1. The first-order valence-electron chi connectivity index (χ1n) is 12.8. The summed E-state index contributed by atoms with van der Waals surface area (Å²) in [5.41, 5.74) is 1.20. The van der Waals surface area contributed by atoms with Crippen LogP contribution >= 0.6 is 0 Å². The lowest BCUT2D eigenvalue weighted by atomic mass is 9.89. The van der Waals surface area contributed by atoms with Crippen LogP contribution in [0.25, 0.3) is 0 Å². The van der Waals surface area contributed by atoms with Gasteiger partial charge in [0.25, 0.3) is 0 Å². The second-order valence-electron chi connectivity index (χ2n) is 9.21. The Morgan fingerprint density at radius 2 is 1.56 bits per heavy atom. The zero-order valence-corrected chi connectivity index (χ0v) is 24.5. The van der Waals surface area contributed by atoms with E-state index in [0.717, 1.165) is 18.0 Å². The van der Waals surface area contributed by atoms with Crippen LogP contribution in [-0.2, 0) is 34.0 Å². The van der Waals surface area contributed by atoms with Crippen LogP contribution in [0.15, 0.2) is 30.3 Å². The predicted molar refractivity (Wildman–Crippen MR) is 143 cm³/mol. The number of hydrogen-bond donors (Lipinski definition) is 0. The fraction of sp³-hybridized carbons (Fsp3) is 0.536. The lowest BCUT2D eigenvalue weighted by molar-refractivity contribution is -0.348. The third-order valence-corrected chi connectivity index (χ3v) is 6.91. The highest BCUT2D eigenvalue weighted by molar-refractivity contribution is 6.27. The van der Waals surface area contributed by atoms with Gasteiger partial charge in [-0.2, -0.15) is 0 Å². The highest BCUT2D eigenvalue weighted by atomic mass is 28.2. The van der Waals surface area contributed by atoms with Crippen LogP contribution in [0, 0.1) is 0 Å². The maximum absolute atomic E-state index is 14.5. The lowest BCUT2D eigenvalue weighted by Crippen LogP contribution is -2.25. The van der Waals surface area contributed by atoms with E-state index in [1.54, 1.807) is 24.3 Å². The molecule has 0 spiro atoms. The monoisotopic (exact) mass is 562 g/mol. The van der Waals surface area contributed by atoms with Crippen LogP contribution in [0.1, 0.15) is 66.8 Å². The largest absolute Gasteiger partial charge is 0.467 e. The smallest absolute Gasteiger partial charge is 0.230 e. The summed E-state index contributed by atoms with van der Waals surface area (Å²) in [5, 5.41) is 0. The minimum absolute atomic E-state index is 0.0471. The Bertz CT molecular complexity index is 1040. The van der Waals surface area contributed by atoms with Crippen LogP contribution in [0.3, 0.4) is 0 Å². The Morgan fingerprint density at radius 1 is 0.949 bits per heavy atom. The van der Waals surface area contributed by atoms with E-state index in [9.17, 15) is 4.79 Å². The molecule has 1 aliphatic heterocycles. The van der Waals surface area contributed by atoms with Crippen molar-refractivity contribution in [3.05, 3.63) is 52.6 Å². The van der Waals surface area contributed by atoms with E-state index in [2.05, 4.69) is 6.92 Å². The molecule has 214 valence electrons. The Balaban J connectivity index is 2.22. The van der Waals surface area contributed by atoms with E-state index >= 15 is 0 Å². The number of hydrogen-bond acceptors (Lipinski definition) is 10. The van der Waals surface area contributed by atoms with E-state index in [-0.39, 0.29) is 43.2 Å². The number of carbonyl (C=O) groups is 1. The molecule has 11 heteroatoms. The third-order valence-electron chi connectivity index (χ3n) is 5.97. The molecule has 3 rings (SSSR count). The molecule has 1 fully saturated rings. The van der Waals surface area contributed by atoms with E-state index < -0.39 is 11.7 Å². The summed E-state index contributed by atoms with van der Waals surface area (Å²) in [6.07, 6.45) is 1.00. The topological polar surface area (TPSA) is 100 Å². The molecular formula is C28H38O10Si. The first-order chi connectivity index (χ1) is 18.9. The molecule has 0 N–H and O–H groups in total. The fourth-order valence-corrected chi connectivity index (χ4v) is 4.71. The van der Waals surface area contributed by atoms with Crippen molar-refractivity contribution in [3.63, 3.8) is 0 Å². The van der Waals surface area contributed by atoms with Gasteiger partial charge in [-0.3, -0.25) is 4.79 Å². The fourth-order valence-electron chi connectivity index (χ4n) is 4.09. The number of carbonyl (C=O) groups excluding carboxylic acids is 1. The number of methoxy groups -OCH3 is 3. The van der Waals surface area contributed by atoms with Gasteiger partial charge in [-0.15, -0.1) is 0 Å². The average Bonchev–Trinajstić information content (AvgIpc) is 2.96. The minimum atomic E-state index is -0.676. The van der Waals surface area contributed by atoms with Crippen molar-refractivity contribution >= 4 is 15.5 Å². The molecule has 39 heavy (non-hydrogen) atoms. The van der Waals surface area contributed by atoms with Crippen LogP contribution in [-0.4, -0.2) is 63.9 Å². The molecule has 0 saturated carbocycles. The summed E-state index contributed by atoms with van der Waals surface area (Å²) in [6, 6.07) is 9.79. The zero-order valence-electron chi connectivity index (χ0n) is 23.5. The van der Waals surface area contributed by atoms with Crippen molar-refractivity contribution < 1.29 is 47.4 Å². The molecule has 0 aromatic heterocycles. The van der Waals surface area contributed by atoms with Gasteiger partial charge in [-0.25, -0.2) is 9.78 Å². The van der Waals surface area contributed by atoms with E-state index in [4.69, 9.17) is 42.6 Å². The summed E-state index contributed by atoms with van der Waals surface area (Å²) in [5.74, 6) is 0.495. The standard InChI is InChI=1S/C28H38O10Si/c1-7-39-38-28(2,3)19-14-23(34-17-31-5)26(24(15-19)35-18-32-6)27(29)25-20(21-12-9-13-36-37-21)10-8-11-22(25)33-16-30-4/h8,10-11,14-15,21H,7,9,12-13,16-18H2,1-6H3. The first kappa shape index (κ1) is 31.0. The lowest BCUT2D eigenvalue weighted by Gasteiger charge is -2.28. The van der Waals surface area contributed by atoms with Crippen molar-refractivity contribution in [1.29, 1.82) is 0 Å². The Hall–Kier alpha value is -2.51. The van der Waals surface area contributed by atoms with E-state index in [0.29, 0.717) is 39.7 Å². The molecule has 1 saturated heterocycles. The maximum Gasteiger partial charge on any atom is 0.230 e. The van der Waals surface area contributed by atoms with Gasteiger partial charge in [-0.1, -0.05) is 19.1 Å². The van der Waals surface area contributed by atoms with Crippen LogP contribution in [0.4, 0.5) is 0 Å². The average molecular weight is 563 g/mol. The number of benzene rings is 2. The number of rotatable bonds is 16. The Kier molecular flexibility index (Phi) is 12.2. The second-order valence-corrected chi connectivity index (χ2v) is 10.4. The molecule has 0 bridgehead atoms. The summed E-state index contributed by atoms with van der Waals surface area (Å²) >= 11 is 0. The quantitative estimate of drug-likeness (QED) is 0.121. The third kappa shape index (κ3) is 8.01. The second kappa shape index (κ2) is 15.3. The van der Waals surface area contributed by atoms with Gasteiger partial charge in [0.2, 0.25) is 15.5 Å². The van der Waals surface area contributed by atoms with Crippen LogP contribution < -0.4 is 14.2 Å². The Labute approximate surface area is 232 Å². The van der Waals surface area contributed by atoms with Crippen LogP contribution in [0.5, 0.6) is 17.2 Å². The van der Waals surface area contributed by atoms with Gasteiger partial charge < -0.3 is 32.8 Å². The molecule has 10 nitrogen and oxygen atoms in total. The molecule has 2 aromatic rings. The molecule has 2 radical (unpaired) electrons.